The fraction of sp³-hybridized carbons (Fsp3) is 0.545. The number of anilines is 1. The number of aromatic nitrogens is 2. The second kappa shape index (κ2) is 10.1. The van der Waals surface area contributed by atoms with Crippen LogP contribution in [0, 0.1) is 5.92 Å². The Labute approximate surface area is 198 Å². The minimum atomic E-state index is -0.172. The van der Waals surface area contributed by atoms with Crippen molar-refractivity contribution < 1.29 is 14.3 Å². The number of amides is 1. The normalized spacial score (nSPS) is 19.5. The standard InChI is InChI=1S/C22H29N5O3S2/c1-29-18-10-15-17(11-19(18)30-2)23-13-24-20(15)26-7-4-14(5-8-26)12-27-21(28)16(6-9-32-3)25-22(27)31/h10-11,13-14,16H,4-9,12H2,1-3H3,(H,25,31). The van der Waals surface area contributed by atoms with Gasteiger partial charge in [0.1, 0.15) is 18.2 Å². The first kappa shape index (κ1) is 22.8. The maximum absolute atomic E-state index is 12.8. The Morgan fingerprint density at radius 1 is 1.19 bits per heavy atom. The van der Waals surface area contributed by atoms with Crippen LogP contribution in [0.4, 0.5) is 5.82 Å². The number of hydrogen-bond donors (Lipinski definition) is 1. The number of carbonyl (C=O) groups is 1. The molecule has 1 amide bonds. The molecule has 2 aromatic rings. The van der Waals surface area contributed by atoms with E-state index in [1.165, 1.54) is 0 Å². The number of piperidine rings is 1. The number of rotatable bonds is 8. The Hall–Kier alpha value is -2.33. The van der Waals surface area contributed by atoms with Gasteiger partial charge in [-0.05, 0) is 55.5 Å². The van der Waals surface area contributed by atoms with Crippen molar-refractivity contribution in [2.24, 2.45) is 5.92 Å². The molecule has 0 saturated carbocycles. The van der Waals surface area contributed by atoms with Crippen molar-refractivity contribution in [3.63, 3.8) is 0 Å². The van der Waals surface area contributed by atoms with E-state index in [0.29, 0.717) is 29.1 Å². The second-order valence-electron chi connectivity index (χ2n) is 8.08. The Morgan fingerprint density at radius 2 is 1.91 bits per heavy atom. The van der Waals surface area contributed by atoms with Crippen molar-refractivity contribution in [1.82, 2.24) is 20.2 Å². The fourth-order valence-electron chi connectivity index (χ4n) is 4.39. The zero-order chi connectivity index (χ0) is 22.7. The second-order valence-corrected chi connectivity index (χ2v) is 9.46. The van der Waals surface area contributed by atoms with Crippen LogP contribution in [-0.2, 0) is 4.79 Å². The topological polar surface area (TPSA) is 79.8 Å². The van der Waals surface area contributed by atoms with Gasteiger partial charge in [-0.1, -0.05) is 0 Å². The molecule has 1 aromatic heterocycles. The quantitative estimate of drug-likeness (QED) is 0.580. The monoisotopic (exact) mass is 475 g/mol. The predicted octanol–water partition coefficient (Wildman–Crippen LogP) is 2.70. The maximum atomic E-state index is 12.8. The zero-order valence-electron chi connectivity index (χ0n) is 18.7. The summed E-state index contributed by atoms with van der Waals surface area (Å²) in [6.45, 7) is 2.41. The third kappa shape index (κ3) is 4.56. The lowest BCUT2D eigenvalue weighted by Crippen LogP contribution is -2.41. The highest BCUT2D eigenvalue weighted by Gasteiger charge is 2.36. The van der Waals surface area contributed by atoms with E-state index in [0.717, 1.165) is 54.8 Å². The third-order valence-corrected chi connectivity index (χ3v) is 7.17. The Bertz CT molecular complexity index is 997. The molecule has 4 rings (SSSR count). The number of nitrogens with one attached hydrogen (secondary N) is 1. The first-order chi connectivity index (χ1) is 15.5. The molecular formula is C22H29N5O3S2. The molecule has 32 heavy (non-hydrogen) atoms. The van der Waals surface area contributed by atoms with Crippen LogP contribution in [-0.4, -0.2) is 77.8 Å². The molecule has 2 fully saturated rings. The number of hydrogen-bond acceptors (Lipinski definition) is 8. The van der Waals surface area contributed by atoms with Crippen LogP contribution < -0.4 is 19.7 Å². The van der Waals surface area contributed by atoms with Gasteiger partial charge < -0.3 is 19.7 Å². The number of thiocarbonyl (C=S) groups is 1. The predicted molar refractivity (Wildman–Crippen MR) is 132 cm³/mol. The molecule has 172 valence electrons. The van der Waals surface area contributed by atoms with Crippen LogP contribution in [0.15, 0.2) is 18.5 Å². The van der Waals surface area contributed by atoms with Crippen molar-refractivity contribution in [2.75, 3.05) is 50.8 Å². The lowest BCUT2D eigenvalue weighted by atomic mass is 9.96. The summed E-state index contributed by atoms with van der Waals surface area (Å²) in [5.74, 6) is 3.70. The van der Waals surface area contributed by atoms with Crippen molar-refractivity contribution in [3.8, 4) is 11.5 Å². The third-order valence-electron chi connectivity index (χ3n) is 6.19. The van der Waals surface area contributed by atoms with Gasteiger partial charge in [-0.25, -0.2) is 9.97 Å². The highest BCUT2D eigenvalue weighted by atomic mass is 32.2. The van der Waals surface area contributed by atoms with Crippen LogP contribution in [0.1, 0.15) is 19.3 Å². The number of ether oxygens (including phenoxy) is 2. The summed E-state index contributed by atoms with van der Waals surface area (Å²) in [5, 5.41) is 4.72. The largest absolute Gasteiger partial charge is 0.493 e. The number of carbonyl (C=O) groups excluding carboxylic acids is 1. The fourth-order valence-corrected chi connectivity index (χ4v) is 5.17. The molecule has 0 aliphatic carbocycles. The van der Waals surface area contributed by atoms with Gasteiger partial charge in [0, 0.05) is 31.1 Å². The first-order valence-corrected chi connectivity index (χ1v) is 12.6. The van der Waals surface area contributed by atoms with Crippen molar-refractivity contribution in [3.05, 3.63) is 18.5 Å². The lowest BCUT2D eigenvalue weighted by molar-refractivity contribution is -0.127. The van der Waals surface area contributed by atoms with E-state index in [2.05, 4.69) is 26.4 Å². The molecule has 3 heterocycles. The molecule has 2 aliphatic rings. The van der Waals surface area contributed by atoms with E-state index in [9.17, 15) is 4.79 Å². The first-order valence-electron chi connectivity index (χ1n) is 10.8. The summed E-state index contributed by atoms with van der Waals surface area (Å²) in [4.78, 5) is 25.8. The van der Waals surface area contributed by atoms with Crippen LogP contribution in [0.2, 0.25) is 0 Å². The average Bonchev–Trinajstić information content (AvgIpc) is 3.09. The van der Waals surface area contributed by atoms with Gasteiger partial charge in [-0.2, -0.15) is 11.8 Å². The molecular weight excluding hydrogens is 446 g/mol. The molecule has 2 aliphatic heterocycles. The molecule has 1 N–H and O–H groups in total. The summed E-state index contributed by atoms with van der Waals surface area (Å²) in [6, 6.07) is 3.65. The summed E-state index contributed by atoms with van der Waals surface area (Å²) >= 11 is 7.19. The van der Waals surface area contributed by atoms with E-state index in [1.807, 2.05) is 12.1 Å². The summed E-state index contributed by atoms with van der Waals surface area (Å²) in [5.41, 5.74) is 0.824. The van der Waals surface area contributed by atoms with Gasteiger partial charge >= 0.3 is 0 Å². The Kier molecular flexibility index (Phi) is 7.20. The highest BCUT2D eigenvalue weighted by Crippen LogP contribution is 2.35. The van der Waals surface area contributed by atoms with Crippen molar-refractivity contribution >= 4 is 51.7 Å². The van der Waals surface area contributed by atoms with E-state index in [-0.39, 0.29) is 11.9 Å². The number of nitrogens with zero attached hydrogens (tertiary/aromatic N) is 4. The molecule has 0 bridgehead atoms. The van der Waals surface area contributed by atoms with Crippen LogP contribution in [0.3, 0.4) is 0 Å². The van der Waals surface area contributed by atoms with Gasteiger partial charge in [0.05, 0.1) is 19.7 Å². The van der Waals surface area contributed by atoms with Gasteiger partial charge in [-0.15, -0.1) is 0 Å². The highest BCUT2D eigenvalue weighted by molar-refractivity contribution is 7.98. The average molecular weight is 476 g/mol. The van der Waals surface area contributed by atoms with E-state index < -0.39 is 0 Å². The van der Waals surface area contributed by atoms with Crippen molar-refractivity contribution in [1.29, 1.82) is 0 Å². The number of methoxy groups -OCH3 is 2. The molecule has 1 atom stereocenters. The van der Waals surface area contributed by atoms with Gasteiger partial charge in [0.15, 0.2) is 16.6 Å². The Balaban J connectivity index is 1.42. The number of benzene rings is 1. The summed E-state index contributed by atoms with van der Waals surface area (Å²) in [7, 11) is 3.25. The van der Waals surface area contributed by atoms with E-state index in [1.54, 1.807) is 37.2 Å². The van der Waals surface area contributed by atoms with Crippen LogP contribution >= 0.6 is 24.0 Å². The SMILES string of the molecule is COc1cc2ncnc(N3CCC(CN4C(=O)C(CCSC)NC4=S)CC3)c2cc1OC. The minimum Gasteiger partial charge on any atom is -0.493 e. The zero-order valence-corrected chi connectivity index (χ0v) is 20.3. The number of fused-ring (bicyclic) bond motifs is 1. The molecule has 10 heteroatoms. The smallest absolute Gasteiger partial charge is 0.251 e. The molecule has 0 radical (unpaired) electrons. The Morgan fingerprint density at radius 3 is 2.59 bits per heavy atom. The van der Waals surface area contributed by atoms with Crippen molar-refractivity contribution in [2.45, 2.75) is 25.3 Å². The van der Waals surface area contributed by atoms with Gasteiger partial charge in [-0.3, -0.25) is 9.69 Å². The van der Waals surface area contributed by atoms with E-state index in [4.69, 9.17) is 21.7 Å². The minimum absolute atomic E-state index is 0.120. The molecule has 8 nitrogen and oxygen atoms in total. The number of thioether (sulfide) groups is 1. The lowest BCUT2D eigenvalue weighted by Gasteiger charge is -2.34. The molecule has 1 aromatic carbocycles. The summed E-state index contributed by atoms with van der Waals surface area (Å²) in [6.07, 6.45) is 6.40. The molecule has 1 unspecified atom stereocenters. The summed E-state index contributed by atoms with van der Waals surface area (Å²) < 4.78 is 10.9. The maximum Gasteiger partial charge on any atom is 0.251 e. The van der Waals surface area contributed by atoms with E-state index >= 15 is 0 Å². The molecule has 0 spiro atoms. The molecule has 2 saturated heterocycles. The van der Waals surface area contributed by atoms with Gasteiger partial charge in [0.25, 0.3) is 5.91 Å². The van der Waals surface area contributed by atoms with Crippen LogP contribution in [0.5, 0.6) is 11.5 Å². The van der Waals surface area contributed by atoms with Gasteiger partial charge in [0.2, 0.25) is 0 Å². The van der Waals surface area contributed by atoms with Crippen LogP contribution in [0.25, 0.3) is 10.9 Å².